The molecular weight excluding hydrogens is 210 g/mol. The number of benzene rings is 1. The van der Waals surface area contributed by atoms with E-state index in [0.717, 1.165) is 19.4 Å². The van der Waals surface area contributed by atoms with Crippen LogP contribution in [-0.4, -0.2) is 23.8 Å². The molecule has 2 N–H and O–H groups in total. The van der Waals surface area contributed by atoms with E-state index >= 15 is 0 Å². The first-order valence-electron chi connectivity index (χ1n) is 6.49. The van der Waals surface area contributed by atoms with Gasteiger partial charge in [0.15, 0.2) is 0 Å². The van der Waals surface area contributed by atoms with Gasteiger partial charge < -0.3 is 10.4 Å². The summed E-state index contributed by atoms with van der Waals surface area (Å²) in [6, 6.07) is 4.48. The molecule has 0 amide bonds. The van der Waals surface area contributed by atoms with Crippen LogP contribution >= 0.6 is 0 Å². The molecular formula is C15H23NO. The van der Waals surface area contributed by atoms with Gasteiger partial charge in [-0.25, -0.2) is 0 Å². The van der Waals surface area contributed by atoms with Crippen molar-refractivity contribution in [1.82, 2.24) is 5.32 Å². The van der Waals surface area contributed by atoms with Gasteiger partial charge in [-0.05, 0) is 63.3 Å². The lowest BCUT2D eigenvalue weighted by molar-refractivity contribution is 0.177. The molecule has 2 heteroatoms. The van der Waals surface area contributed by atoms with E-state index in [4.69, 9.17) is 0 Å². The van der Waals surface area contributed by atoms with Crippen molar-refractivity contribution < 1.29 is 5.11 Å². The van der Waals surface area contributed by atoms with Crippen LogP contribution in [0.1, 0.15) is 35.1 Å². The van der Waals surface area contributed by atoms with Crippen molar-refractivity contribution in [3.8, 4) is 0 Å². The molecule has 1 aliphatic heterocycles. The Kier molecular flexibility index (Phi) is 3.55. The average molecular weight is 233 g/mol. The van der Waals surface area contributed by atoms with E-state index in [0.29, 0.717) is 0 Å². The van der Waals surface area contributed by atoms with Gasteiger partial charge in [0.25, 0.3) is 0 Å². The zero-order chi connectivity index (χ0) is 12.5. The van der Waals surface area contributed by atoms with Crippen molar-refractivity contribution in [1.29, 1.82) is 0 Å². The van der Waals surface area contributed by atoms with Crippen molar-refractivity contribution in [3.63, 3.8) is 0 Å². The predicted molar refractivity (Wildman–Crippen MR) is 71.4 cm³/mol. The van der Waals surface area contributed by atoms with E-state index in [2.05, 4.69) is 38.2 Å². The van der Waals surface area contributed by atoms with Crippen molar-refractivity contribution in [2.75, 3.05) is 13.2 Å². The lowest BCUT2D eigenvalue weighted by Gasteiger charge is -2.29. The zero-order valence-corrected chi connectivity index (χ0v) is 11.1. The highest BCUT2D eigenvalue weighted by Gasteiger charge is 2.33. The maximum Gasteiger partial charge on any atom is 0.0616 e. The largest absolute Gasteiger partial charge is 0.394 e. The summed E-state index contributed by atoms with van der Waals surface area (Å²) in [6.07, 6.45) is 3.20. The van der Waals surface area contributed by atoms with Crippen molar-refractivity contribution in [2.24, 2.45) is 0 Å². The molecule has 0 aromatic heterocycles. The summed E-state index contributed by atoms with van der Waals surface area (Å²) in [4.78, 5) is 0. The molecule has 0 aliphatic carbocycles. The molecule has 1 unspecified atom stereocenters. The summed E-state index contributed by atoms with van der Waals surface area (Å²) in [5.74, 6) is 0. The maximum atomic E-state index is 9.65. The zero-order valence-electron chi connectivity index (χ0n) is 11.1. The van der Waals surface area contributed by atoms with E-state index in [1.165, 1.54) is 28.7 Å². The molecule has 2 rings (SSSR count). The van der Waals surface area contributed by atoms with Crippen LogP contribution in [0.25, 0.3) is 0 Å². The Bertz CT molecular complexity index is 382. The molecule has 1 aromatic carbocycles. The first-order valence-corrected chi connectivity index (χ1v) is 6.49. The Balaban J connectivity index is 2.29. The van der Waals surface area contributed by atoms with Gasteiger partial charge in [-0.1, -0.05) is 17.7 Å². The Hall–Kier alpha value is -0.860. The fraction of sp³-hybridized carbons (Fsp3) is 0.600. The summed E-state index contributed by atoms with van der Waals surface area (Å²) in [5, 5.41) is 13.1. The lowest BCUT2D eigenvalue weighted by Crippen LogP contribution is -2.45. The normalized spacial score (nSPS) is 24.2. The quantitative estimate of drug-likeness (QED) is 0.839. The van der Waals surface area contributed by atoms with Gasteiger partial charge in [0.1, 0.15) is 0 Å². The summed E-state index contributed by atoms with van der Waals surface area (Å²) < 4.78 is 0. The molecule has 0 bridgehead atoms. The second-order valence-electron chi connectivity index (χ2n) is 5.52. The molecule has 1 fully saturated rings. The number of nitrogens with one attached hydrogen (secondary N) is 1. The summed E-state index contributed by atoms with van der Waals surface area (Å²) in [5.41, 5.74) is 5.35. The molecule has 1 aliphatic rings. The van der Waals surface area contributed by atoms with Crippen LogP contribution in [0.4, 0.5) is 0 Å². The van der Waals surface area contributed by atoms with Crippen molar-refractivity contribution in [2.45, 2.75) is 45.6 Å². The smallest absolute Gasteiger partial charge is 0.0616 e. The summed E-state index contributed by atoms with van der Waals surface area (Å²) in [7, 11) is 0. The highest BCUT2D eigenvalue weighted by molar-refractivity contribution is 5.38. The van der Waals surface area contributed by atoms with Crippen molar-refractivity contribution >= 4 is 0 Å². The van der Waals surface area contributed by atoms with E-state index in [9.17, 15) is 5.11 Å². The molecule has 2 nitrogen and oxygen atoms in total. The van der Waals surface area contributed by atoms with Crippen LogP contribution in [0.15, 0.2) is 12.1 Å². The van der Waals surface area contributed by atoms with Gasteiger partial charge in [-0.2, -0.15) is 0 Å². The van der Waals surface area contributed by atoms with E-state index in [1.54, 1.807) is 0 Å². The third kappa shape index (κ3) is 2.53. The van der Waals surface area contributed by atoms with Crippen LogP contribution < -0.4 is 5.32 Å². The molecule has 94 valence electrons. The fourth-order valence-corrected chi connectivity index (χ4v) is 3.04. The molecule has 1 heterocycles. The van der Waals surface area contributed by atoms with Crippen LogP contribution in [0.2, 0.25) is 0 Å². The average Bonchev–Trinajstić information content (AvgIpc) is 2.73. The second kappa shape index (κ2) is 4.79. The number of aliphatic hydroxyl groups is 1. The Morgan fingerprint density at radius 3 is 2.35 bits per heavy atom. The Morgan fingerprint density at radius 2 is 1.88 bits per heavy atom. The lowest BCUT2D eigenvalue weighted by atomic mass is 9.85. The molecule has 0 saturated carbocycles. The highest BCUT2D eigenvalue weighted by Crippen LogP contribution is 2.27. The maximum absolute atomic E-state index is 9.65. The molecule has 0 radical (unpaired) electrons. The van der Waals surface area contributed by atoms with Gasteiger partial charge in [0.05, 0.1) is 6.61 Å². The Morgan fingerprint density at radius 1 is 1.24 bits per heavy atom. The first-order chi connectivity index (χ1) is 8.06. The minimum absolute atomic E-state index is 0.0786. The minimum Gasteiger partial charge on any atom is -0.394 e. The standard InChI is InChI=1S/C15H23NO/c1-11-7-12(2)14(13(3)8-11)9-15(10-17)5-4-6-16-15/h7-8,16-17H,4-6,9-10H2,1-3H3. The van der Waals surface area contributed by atoms with E-state index in [1.807, 2.05) is 0 Å². The van der Waals surface area contributed by atoms with Gasteiger partial charge >= 0.3 is 0 Å². The summed E-state index contributed by atoms with van der Waals surface area (Å²) >= 11 is 0. The van der Waals surface area contributed by atoms with E-state index in [-0.39, 0.29) is 12.1 Å². The molecule has 1 atom stereocenters. The first kappa shape index (κ1) is 12.6. The van der Waals surface area contributed by atoms with E-state index < -0.39 is 0 Å². The predicted octanol–water partition coefficient (Wildman–Crippen LogP) is 2.27. The van der Waals surface area contributed by atoms with Gasteiger partial charge in [-0.3, -0.25) is 0 Å². The van der Waals surface area contributed by atoms with Crippen LogP contribution in [0.3, 0.4) is 0 Å². The number of hydrogen-bond donors (Lipinski definition) is 2. The van der Waals surface area contributed by atoms with Crippen LogP contribution in [0.5, 0.6) is 0 Å². The molecule has 0 spiro atoms. The number of hydrogen-bond acceptors (Lipinski definition) is 2. The number of aryl methyl sites for hydroxylation is 3. The number of rotatable bonds is 3. The molecule has 1 aromatic rings. The van der Waals surface area contributed by atoms with Gasteiger partial charge in [0.2, 0.25) is 0 Å². The third-order valence-electron chi connectivity index (χ3n) is 3.99. The highest BCUT2D eigenvalue weighted by atomic mass is 16.3. The molecule has 1 saturated heterocycles. The van der Waals surface area contributed by atoms with Gasteiger partial charge in [0, 0.05) is 5.54 Å². The van der Waals surface area contributed by atoms with Crippen LogP contribution in [0, 0.1) is 20.8 Å². The van der Waals surface area contributed by atoms with Crippen molar-refractivity contribution in [3.05, 3.63) is 34.4 Å². The molecule has 17 heavy (non-hydrogen) atoms. The fourth-order valence-electron chi connectivity index (χ4n) is 3.04. The van der Waals surface area contributed by atoms with Gasteiger partial charge in [-0.15, -0.1) is 0 Å². The monoisotopic (exact) mass is 233 g/mol. The Labute approximate surface area is 104 Å². The van der Waals surface area contributed by atoms with Crippen LogP contribution in [-0.2, 0) is 6.42 Å². The SMILES string of the molecule is Cc1cc(C)c(CC2(CO)CCCN2)c(C)c1. The topological polar surface area (TPSA) is 32.3 Å². The number of aliphatic hydroxyl groups excluding tert-OH is 1. The second-order valence-corrected chi connectivity index (χ2v) is 5.52. The minimum atomic E-state index is -0.0786. The summed E-state index contributed by atoms with van der Waals surface area (Å²) in [6.45, 7) is 7.76. The third-order valence-corrected chi connectivity index (χ3v) is 3.99.